The molecule has 3 unspecified atom stereocenters. The molecule has 0 aromatic heterocycles. The highest BCUT2D eigenvalue weighted by Gasteiger charge is 2.17. The molecule has 0 aromatic carbocycles. The van der Waals surface area contributed by atoms with Gasteiger partial charge in [-0.15, -0.1) is 0 Å². The molecule has 3 atom stereocenters. The minimum Gasteiger partial charge on any atom is -0.466 e. The number of ether oxygens (including phenoxy) is 2. The second-order valence-corrected chi connectivity index (χ2v) is 9.04. The van der Waals surface area contributed by atoms with Crippen molar-refractivity contribution in [1.29, 1.82) is 0 Å². The summed E-state index contributed by atoms with van der Waals surface area (Å²) in [6.45, 7) is 13.5. The summed E-state index contributed by atoms with van der Waals surface area (Å²) in [5, 5.41) is 0. The van der Waals surface area contributed by atoms with Gasteiger partial charge in [0.25, 0.3) is 0 Å². The van der Waals surface area contributed by atoms with Gasteiger partial charge in [0, 0.05) is 6.42 Å². The summed E-state index contributed by atoms with van der Waals surface area (Å²) in [6, 6.07) is -0.776. The quantitative estimate of drug-likeness (QED) is 0.253. The van der Waals surface area contributed by atoms with Crippen molar-refractivity contribution in [3.05, 3.63) is 23.3 Å². The van der Waals surface area contributed by atoms with E-state index in [1.54, 1.807) is 0 Å². The molecule has 0 saturated carbocycles. The number of esters is 2. The lowest BCUT2D eigenvalue weighted by molar-refractivity contribution is -0.147. The summed E-state index contributed by atoms with van der Waals surface area (Å²) in [5.74, 6) is 0.258. The second-order valence-electron chi connectivity index (χ2n) is 9.04. The number of carbonyl (C=O) groups excluding carboxylic acids is 2. The molecule has 30 heavy (non-hydrogen) atoms. The van der Waals surface area contributed by atoms with Gasteiger partial charge in [0.1, 0.15) is 6.04 Å². The highest BCUT2D eigenvalue weighted by atomic mass is 16.5. The van der Waals surface area contributed by atoms with Crippen molar-refractivity contribution in [2.75, 3.05) is 13.2 Å². The van der Waals surface area contributed by atoms with Crippen LogP contribution in [0.5, 0.6) is 0 Å². The Morgan fingerprint density at radius 2 is 1.23 bits per heavy atom. The van der Waals surface area contributed by atoms with Gasteiger partial charge in [0.05, 0.1) is 13.2 Å². The van der Waals surface area contributed by atoms with Crippen molar-refractivity contribution < 1.29 is 19.1 Å². The summed E-state index contributed by atoms with van der Waals surface area (Å²) in [5.41, 5.74) is 8.51. The molecular weight excluding hydrogens is 378 g/mol. The molecule has 5 heteroatoms. The molecule has 0 aliphatic rings. The maximum atomic E-state index is 12.0. The Morgan fingerprint density at radius 1 is 0.767 bits per heavy atom. The zero-order valence-electron chi connectivity index (χ0n) is 20.2. The molecule has 5 nitrogen and oxygen atoms in total. The highest BCUT2D eigenvalue weighted by Crippen LogP contribution is 2.13. The maximum absolute atomic E-state index is 12.0. The lowest BCUT2D eigenvalue weighted by Crippen LogP contribution is -2.33. The monoisotopic (exact) mass is 423 g/mol. The van der Waals surface area contributed by atoms with Crippen molar-refractivity contribution in [1.82, 2.24) is 0 Å². The topological polar surface area (TPSA) is 78.6 Å². The third-order valence-corrected chi connectivity index (χ3v) is 5.11. The van der Waals surface area contributed by atoms with Crippen LogP contribution in [0.2, 0.25) is 0 Å². The van der Waals surface area contributed by atoms with Gasteiger partial charge >= 0.3 is 11.9 Å². The predicted octanol–water partition coefficient (Wildman–Crippen LogP) is 5.73. The molecular formula is C25H45NO4. The first-order chi connectivity index (χ1) is 14.1. The molecule has 0 saturated heterocycles. The average molecular weight is 424 g/mol. The lowest BCUT2D eigenvalue weighted by atomic mass is 10.0. The molecule has 0 heterocycles. The Bertz CT molecular complexity index is 545. The first kappa shape index (κ1) is 28.4. The van der Waals surface area contributed by atoms with E-state index < -0.39 is 12.0 Å². The van der Waals surface area contributed by atoms with Gasteiger partial charge in [-0.1, -0.05) is 37.1 Å². The fourth-order valence-corrected chi connectivity index (χ4v) is 2.91. The van der Waals surface area contributed by atoms with Crippen molar-refractivity contribution >= 4 is 11.9 Å². The van der Waals surface area contributed by atoms with Crippen LogP contribution in [0.25, 0.3) is 0 Å². The van der Waals surface area contributed by atoms with Crippen LogP contribution in [-0.4, -0.2) is 31.2 Å². The van der Waals surface area contributed by atoms with Gasteiger partial charge in [-0.2, -0.15) is 0 Å². The van der Waals surface area contributed by atoms with Crippen LogP contribution < -0.4 is 5.73 Å². The van der Waals surface area contributed by atoms with Crippen LogP contribution in [0.3, 0.4) is 0 Å². The van der Waals surface area contributed by atoms with E-state index in [0.717, 1.165) is 38.5 Å². The van der Waals surface area contributed by atoms with E-state index in [9.17, 15) is 9.59 Å². The molecule has 0 aliphatic carbocycles. The van der Waals surface area contributed by atoms with Crippen LogP contribution in [-0.2, 0) is 19.1 Å². The van der Waals surface area contributed by atoms with Crippen molar-refractivity contribution in [2.45, 2.75) is 99.0 Å². The van der Waals surface area contributed by atoms with Gasteiger partial charge in [0.15, 0.2) is 0 Å². The maximum Gasteiger partial charge on any atom is 0.322 e. The molecule has 0 rings (SSSR count). The molecule has 0 fully saturated rings. The van der Waals surface area contributed by atoms with E-state index in [4.69, 9.17) is 15.2 Å². The van der Waals surface area contributed by atoms with Crippen LogP contribution in [0.1, 0.15) is 92.9 Å². The molecule has 174 valence electrons. The van der Waals surface area contributed by atoms with E-state index >= 15 is 0 Å². The average Bonchev–Trinajstić information content (AvgIpc) is 2.65. The van der Waals surface area contributed by atoms with E-state index in [1.807, 2.05) is 0 Å². The fraction of sp³-hybridized carbons (Fsp3) is 0.760. The van der Waals surface area contributed by atoms with Crippen LogP contribution >= 0.6 is 0 Å². The number of nitrogens with two attached hydrogens (primary N) is 1. The third-order valence-electron chi connectivity index (χ3n) is 5.11. The Labute approximate surface area is 184 Å². The number of hydrogen-bond donors (Lipinski definition) is 1. The minimum absolute atomic E-state index is 0.140. The van der Waals surface area contributed by atoms with Crippen molar-refractivity contribution in [2.24, 2.45) is 17.6 Å². The van der Waals surface area contributed by atoms with Gasteiger partial charge in [-0.25, -0.2) is 0 Å². The lowest BCUT2D eigenvalue weighted by Gasteiger charge is -2.14. The molecule has 0 amide bonds. The molecule has 0 bridgehead atoms. The Kier molecular flexibility index (Phi) is 16.2. The number of carbonyl (C=O) groups is 2. The molecule has 0 radical (unpaired) electrons. The number of allylic oxidation sites excluding steroid dienone is 4. The van der Waals surface area contributed by atoms with Gasteiger partial charge in [0.2, 0.25) is 0 Å². The van der Waals surface area contributed by atoms with Gasteiger partial charge in [-0.05, 0) is 84.5 Å². The molecule has 0 aliphatic heterocycles. The summed E-state index contributed by atoms with van der Waals surface area (Å²) < 4.78 is 10.5. The van der Waals surface area contributed by atoms with E-state index in [2.05, 4.69) is 53.7 Å². The fourth-order valence-electron chi connectivity index (χ4n) is 2.91. The summed E-state index contributed by atoms with van der Waals surface area (Å²) in [4.78, 5) is 23.8. The highest BCUT2D eigenvalue weighted by molar-refractivity contribution is 5.77. The molecule has 0 aromatic rings. The molecule has 2 N–H and O–H groups in total. The largest absolute Gasteiger partial charge is 0.466 e. The van der Waals surface area contributed by atoms with Crippen LogP contribution in [0.15, 0.2) is 23.3 Å². The smallest absolute Gasteiger partial charge is 0.322 e. The van der Waals surface area contributed by atoms with Crippen molar-refractivity contribution in [3.63, 3.8) is 0 Å². The van der Waals surface area contributed by atoms with Gasteiger partial charge in [-0.3, -0.25) is 9.59 Å². The summed E-state index contributed by atoms with van der Waals surface area (Å²) >= 11 is 0. The molecule has 0 spiro atoms. The number of rotatable bonds is 16. The normalized spacial score (nSPS) is 13.7. The summed E-state index contributed by atoms with van der Waals surface area (Å²) in [7, 11) is 0. The van der Waals surface area contributed by atoms with Gasteiger partial charge < -0.3 is 15.2 Å². The number of hydrogen-bond acceptors (Lipinski definition) is 5. The predicted molar refractivity (Wildman–Crippen MR) is 124 cm³/mol. The Morgan fingerprint density at radius 3 is 1.70 bits per heavy atom. The minimum atomic E-state index is -0.776. The summed E-state index contributed by atoms with van der Waals surface area (Å²) in [6.07, 6.45) is 10.8. The van der Waals surface area contributed by atoms with E-state index in [0.29, 0.717) is 25.0 Å². The van der Waals surface area contributed by atoms with E-state index in [1.165, 1.54) is 11.1 Å². The first-order valence-corrected chi connectivity index (χ1v) is 11.5. The van der Waals surface area contributed by atoms with Crippen LogP contribution in [0, 0.1) is 11.8 Å². The second kappa shape index (κ2) is 17.1. The zero-order chi connectivity index (χ0) is 22.9. The first-order valence-electron chi connectivity index (χ1n) is 11.5. The Balaban J connectivity index is 3.85. The third kappa shape index (κ3) is 17.3. The van der Waals surface area contributed by atoms with Crippen molar-refractivity contribution in [3.8, 4) is 0 Å². The zero-order valence-corrected chi connectivity index (χ0v) is 20.2. The van der Waals surface area contributed by atoms with E-state index in [-0.39, 0.29) is 18.8 Å². The SMILES string of the molecule is CC(C)=CCCC(C)CCOC(=O)CCC(N)C(=O)OCCC(C)CCC=C(C)C. The standard InChI is InChI=1S/C25H45NO4/c1-19(2)9-7-11-21(5)15-17-29-24(27)14-13-23(26)25(28)30-18-16-22(6)12-8-10-20(3)4/h9-10,21-23H,7-8,11-18,26H2,1-6H3. The van der Waals surface area contributed by atoms with Crippen LogP contribution in [0.4, 0.5) is 0 Å². The Hall–Kier alpha value is -1.62.